The van der Waals surface area contributed by atoms with E-state index in [4.69, 9.17) is 0 Å². The molecular weight excluding hydrogens is 176 g/mol. The zero-order chi connectivity index (χ0) is 11.4. The zero-order valence-corrected chi connectivity index (χ0v) is 10.6. The summed E-state index contributed by atoms with van der Waals surface area (Å²) in [7, 11) is 7.83. The summed E-state index contributed by atoms with van der Waals surface area (Å²) in [5.41, 5.74) is 0. The van der Waals surface area contributed by atoms with Crippen LogP contribution < -0.4 is 21.3 Å². The van der Waals surface area contributed by atoms with Crippen LogP contribution >= 0.6 is 0 Å². The van der Waals surface area contributed by atoms with Gasteiger partial charge in [0.15, 0.2) is 0 Å². The van der Waals surface area contributed by atoms with Crippen molar-refractivity contribution in [2.24, 2.45) is 0 Å². The first-order valence-corrected chi connectivity index (χ1v) is 5.26. The molecule has 0 radical (unpaired) electrons. The average molecular weight is 204 g/mol. The van der Waals surface area contributed by atoms with Crippen molar-refractivity contribution in [3.8, 4) is 0 Å². The van der Waals surface area contributed by atoms with Gasteiger partial charge in [0.25, 0.3) is 0 Å². The molecule has 0 rings (SSSR count). The SMILES string of the molecule is CNCC(C)NC.CNCC(C)NC. The van der Waals surface area contributed by atoms with Crippen molar-refractivity contribution in [2.75, 3.05) is 41.3 Å². The maximum absolute atomic E-state index is 3.10. The van der Waals surface area contributed by atoms with Gasteiger partial charge < -0.3 is 21.3 Å². The molecule has 0 saturated carbocycles. The Morgan fingerprint density at radius 2 is 1.00 bits per heavy atom. The van der Waals surface area contributed by atoms with Crippen molar-refractivity contribution < 1.29 is 0 Å². The van der Waals surface area contributed by atoms with Gasteiger partial charge >= 0.3 is 0 Å². The molecule has 4 heteroatoms. The average Bonchev–Trinajstić information content (AvgIpc) is 2.19. The molecule has 0 aliphatic carbocycles. The van der Waals surface area contributed by atoms with Crippen LogP contribution in [0.3, 0.4) is 0 Å². The van der Waals surface area contributed by atoms with E-state index in [1.54, 1.807) is 0 Å². The molecule has 0 amide bonds. The third kappa shape index (κ3) is 14.4. The van der Waals surface area contributed by atoms with Gasteiger partial charge in [0.05, 0.1) is 0 Å². The van der Waals surface area contributed by atoms with Crippen molar-refractivity contribution in [1.82, 2.24) is 21.3 Å². The van der Waals surface area contributed by atoms with Crippen LogP contribution in [0.2, 0.25) is 0 Å². The Morgan fingerprint density at radius 1 is 0.714 bits per heavy atom. The lowest BCUT2D eigenvalue weighted by Gasteiger charge is -2.06. The van der Waals surface area contributed by atoms with E-state index in [2.05, 4.69) is 35.1 Å². The molecule has 0 heterocycles. The maximum atomic E-state index is 3.10. The lowest BCUT2D eigenvalue weighted by atomic mass is 10.3. The van der Waals surface area contributed by atoms with Gasteiger partial charge in [-0.05, 0) is 42.0 Å². The van der Waals surface area contributed by atoms with E-state index in [0.29, 0.717) is 12.1 Å². The molecule has 0 aromatic rings. The van der Waals surface area contributed by atoms with Gasteiger partial charge in [0.1, 0.15) is 0 Å². The molecule has 4 nitrogen and oxygen atoms in total. The van der Waals surface area contributed by atoms with Crippen LogP contribution in [0.1, 0.15) is 13.8 Å². The molecule has 0 saturated heterocycles. The van der Waals surface area contributed by atoms with E-state index in [0.717, 1.165) is 13.1 Å². The Bertz CT molecular complexity index is 86.1. The third-order valence-electron chi connectivity index (χ3n) is 2.01. The molecule has 0 aliphatic heterocycles. The number of hydrogen-bond acceptors (Lipinski definition) is 4. The molecule has 88 valence electrons. The predicted molar refractivity (Wildman–Crippen MR) is 64.9 cm³/mol. The molecular formula is C10H28N4. The summed E-state index contributed by atoms with van der Waals surface area (Å²) in [5.74, 6) is 0. The normalized spacial score (nSPS) is 14.1. The zero-order valence-electron chi connectivity index (χ0n) is 10.6. The van der Waals surface area contributed by atoms with E-state index in [1.165, 1.54) is 0 Å². The van der Waals surface area contributed by atoms with Gasteiger partial charge in [0.2, 0.25) is 0 Å². The fourth-order valence-corrected chi connectivity index (χ4v) is 0.816. The van der Waals surface area contributed by atoms with E-state index in [9.17, 15) is 0 Å². The van der Waals surface area contributed by atoms with Crippen molar-refractivity contribution in [3.05, 3.63) is 0 Å². The van der Waals surface area contributed by atoms with E-state index < -0.39 is 0 Å². The Labute approximate surface area is 89.2 Å². The highest BCUT2D eigenvalue weighted by Gasteiger charge is 1.90. The first kappa shape index (κ1) is 16.3. The van der Waals surface area contributed by atoms with Crippen LogP contribution in [0.15, 0.2) is 0 Å². The first-order valence-electron chi connectivity index (χ1n) is 5.26. The van der Waals surface area contributed by atoms with Gasteiger partial charge in [-0.1, -0.05) is 0 Å². The van der Waals surface area contributed by atoms with Crippen molar-refractivity contribution in [3.63, 3.8) is 0 Å². The fourth-order valence-electron chi connectivity index (χ4n) is 0.816. The van der Waals surface area contributed by atoms with Gasteiger partial charge in [-0.15, -0.1) is 0 Å². The minimum Gasteiger partial charge on any atom is -0.318 e. The second-order valence-corrected chi connectivity index (χ2v) is 3.49. The van der Waals surface area contributed by atoms with Gasteiger partial charge in [-0.3, -0.25) is 0 Å². The molecule has 2 atom stereocenters. The summed E-state index contributed by atoms with van der Waals surface area (Å²) < 4.78 is 0. The lowest BCUT2D eigenvalue weighted by molar-refractivity contribution is 0.573. The fraction of sp³-hybridized carbons (Fsp3) is 1.00. The molecule has 0 aromatic heterocycles. The molecule has 0 bridgehead atoms. The van der Waals surface area contributed by atoms with Crippen molar-refractivity contribution in [2.45, 2.75) is 25.9 Å². The Morgan fingerprint density at radius 3 is 1.07 bits per heavy atom. The minimum absolute atomic E-state index is 0.588. The highest BCUT2D eigenvalue weighted by atomic mass is 14.9. The molecule has 2 unspecified atom stereocenters. The molecule has 0 aromatic carbocycles. The van der Waals surface area contributed by atoms with Gasteiger partial charge in [-0.2, -0.15) is 0 Å². The standard InChI is InChI=1S/2C5H14N2/c2*1-5(7-3)4-6-2/h2*5-7H,4H2,1-3H3. The second kappa shape index (κ2) is 12.8. The topological polar surface area (TPSA) is 48.1 Å². The van der Waals surface area contributed by atoms with E-state index in [-0.39, 0.29) is 0 Å². The Kier molecular flexibility index (Phi) is 14.9. The molecule has 14 heavy (non-hydrogen) atoms. The van der Waals surface area contributed by atoms with Gasteiger partial charge in [0, 0.05) is 25.2 Å². The second-order valence-electron chi connectivity index (χ2n) is 3.49. The number of likely N-dealkylation sites (N-methyl/N-ethyl adjacent to an activating group) is 4. The van der Waals surface area contributed by atoms with Crippen molar-refractivity contribution >= 4 is 0 Å². The highest BCUT2D eigenvalue weighted by Crippen LogP contribution is 1.71. The molecule has 0 aliphatic rings. The van der Waals surface area contributed by atoms with Crippen LogP contribution in [-0.4, -0.2) is 53.4 Å². The summed E-state index contributed by atoms with van der Waals surface area (Å²) in [4.78, 5) is 0. The predicted octanol–water partition coefficient (Wildman–Crippen LogP) is -0.373. The summed E-state index contributed by atoms with van der Waals surface area (Å²) in [5, 5.41) is 12.3. The van der Waals surface area contributed by atoms with Crippen LogP contribution in [0, 0.1) is 0 Å². The number of nitrogens with one attached hydrogen (secondary N) is 4. The maximum Gasteiger partial charge on any atom is 0.0161 e. The van der Waals surface area contributed by atoms with Crippen LogP contribution in [0.25, 0.3) is 0 Å². The molecule has 4 N–H and O–H groups in total. The van der Waals surface area contributed by atoms with Crippen LogP contribution in [0.4, 0.5) is 0 Å². The minimum atomic E-state index is 0.588. The summed E-state index contributed by atoms with van der Waals surface area (Å²) >= 11 is 0. The molecule has 0 spiro atoms. The monoisotopic (exact) mass is 204 g/mol. The van der Waals surface area contributed by atoms with E-state index in [1.807, 2.05) is 28.2 Å². The third-order valence-corrected chi connectivity index (χ3v) is 2.01. The van der Waals surface area contributed by atoms with E-state index >= 15 is 0 Å². The first-order chi connectivity index (χ1) is 6.62. The van der Waals surface area contributed by atoms with Gasteiger partial charge in [-0.25, -0.2) is 0 Å². The summed E-state index contributed by atoms with van der Waals surface area (Å²) in [6, 6.07) is 1.18. The van der Waals surface area contributed by atoms with Crippen LogP contribution in [0.5, 0.6) is 0 Å². The highest BCUT2D eigenvalue weighted by molar-refractivity contribution is 4.57. The quantitative estimate of drug-likeness (QED) is 0.477. The Balaban J connectivity index is 0. The van der Waals surface area contributed by atoms with Crippen molar-refractivity contribution in [1.29, 1.82) is 0 Å². The lowest BCUT2D eigenvalue weighted by Crippen LogP contribution is -2.31. The summed E-state index contributed by atoms with van der Waals surface area (Å²) in [6.45, 7) is 6.35. The molecule has 0 fully saturated rings. The smallest absolute Gasteiger partial charge is 0.0161 e. The Hall–Kier alpha value is -0.160. The number of hydrogen-bond donors (Lipinski definition) is 4. The van der Waals surface area contributed by atoms with Crippen LogP contribution in [-0.2, 0) is 0 Å². The largest absolute Gasteiger partial charge is 0.318 e. The number of rotatable bonds is 6. The summed E-state index contributed by atoms with van der Waals surface area (Å²) in [6.07, 6.45) is 0.